The van der Waals surface area contributed by atoms with Crippen LogP contribution in [0.2, 0.25) is 0 Å². The summed E-state index contributed by atoms with van der Waals surface area (Å²) < 4.78 is 0. The average molecular weight is 73.1 g/mol. The van der Waals surface area contributed by atoms with Crippen LogP contribution in [0, 0.1) is 0 Å². The van der Waals surface area contributed by atoms with Crippen LogP contribution in [0.1, 0.15) is 13.8 Å². The second-order valence-corrected chi connectivity index (χ2v) is 1.21. The molecule has 0 aliphatic heterocycles. The Kier molecular flexibility index (Phi) is 6.53. The minimum atomic E-state index is 0. The standard InChI is InChI=1S/C4H8.HO/c1-4(2)3;/h1H2,2-3H3;1H. The van der Waals surface area contributed by atoms with E-state index in [1.54, 1.807) is 0 Å². The molecule has 1 heteroatoms. The molecule has 0 amide bonds. The number of hydrogen-bond acceptors (Lipinski definition) is 0. The largest absolute Gasteiger partial charge is 0.255 e. The van der Waals surface area contributed by atoms with E-state index in [1.165, 1.54) is 5.57 Å². The molecule has 0 heterocycles. The Morgan fingerprint density at radius 2 is 1.40 bits per heavy atom. The second-order valence-electron chi connectivity index (χ2n) is 1.21. The molecule has 1 N–H and O–H groups in total. The highest BCUT2D eigenvalue weighted by Crippen LogP contribution is 1.73. The molecule has 0 aromatic heterocycles. The maximum Gasteiger partial charge on any atom is -0.0445 e. The van der Waals surface area contributed by atoms with Gasteiger partial charge in [-0.1, -0.05) is 5.57 Å². The van der Waals surface area contributed by atoms with E-state index in [0.29, 0.717) is 0 Å². The van der Waals surface area contributed by atoms with Crippen molar-refractivity contribution in [2.45, 2.75) is 13.8 Å². The molecule has 5 heavy (non-hydrogen) atoms. The van der Waals surface area contributed by atoms with Crippen molar-refractivity contribution in [1.82, 2.24) is 0 Å². The van der Waals surface area contributed by atoms with E-state index in [9.17, 15) is 0 Å². The molecule has 0 atom stereocenters. The fraction of sp³-hybridized carbons (Fsp3) is 0.500. The van der Waals surface area contributed by atoms with Crippen LogP contribution in [0.15, 0.2) is 12.2 Å². The van der Waals surface area contributed by atoms with Gasteiger partial charge in [0.1, 0.15) is 0 Å². The van der Waals surface area contributed by atoms with Crippen molar-refractivity contribution in [3.8, 4) is 0 Å². The van der Waals surface area contributed by atoms with E-state index in [0.717, 1.165) is 0 Å². The predicted octanol–water partition coefficient (Wildman–Crippen LogP) is 1.41. The summed E-state index contributed by atoms with van der Waals surface area (Å²) in [6.45, 7) is 7.50. The molecule has 0 aromatic carbocycles. The first-order valence-electron chi connectivity index (χ1n) is 1.35. The Bertz CT molecular complexity index is 26.6. The summed E-state index contributed by atoms with van der Waals surface area (Å²) in [6, 6.07) is 0. The summed E-state index contributed by atoms with van der Waals surface area (Å²) in [5.41, 5.74) is 1.17. The molecule has 0 aliphatic rings. The van der Waals surface area contributed by atoms with Crippen LogP contribution in [-0.4, -0.2) is 5.48 Å². The van der Waals surface area contributed by atoms with Crippen molar-refractivity contribution >= 4 is 0 Å². The van der Waals surface area contributed by atoms with Crippen LogP contribution in [-0.2, 0) is 0 Å². The van der Waals surface area contributed by atoms with Gasteiger partial charge in [-0.15, -0.1) is 6.58 Å². The molecular formula is C4H9O. The lowest BCUT2D eigenvalue weighted by Crippen LogP contribution is -1.43. The van der Waals surface area contributed by atoms with Crippen molar-refractivity contribution < 1.29 is 5.48 Å². The first kappa shape index (κ1) is 8.83. The second kappa shape index (κ2) is 3.70. The highest BCUT2D eigenvalue weighted by atomic mass is 16.0. The lowest BCUT2D eigenvalue weighted by atomic mass is 10.4. The maximum absolute atomic E-state index is 3.56. The van der Waals surface area contributed by atoms with Crippen molar-refractivity contribution in [2.24, 2.45) is 0 Å². The van der Waals surface area contributed by atoms with E-state index in [-0.39, 0.29) is 5.48 Å². The summed E-state index contributed by atoms with van der Waals surface area (Å²) in [5, 5.41) is 0. The van der Waals surface area contributed by atoms with E-state index in [4.69, 9.17) is 0 Å². The van der Waals surface area contributed by atoms with Gasteiger partial charge in [-0.05, 0) is 13.8 Å². The molecule has 0 spiro atoms. The third-order valence-corrected chi connectivity index (χ3v) is 0. The van der Waals surface area contributed by atoms with Crippen molar-refractivity contribution in [1.29, 1.82) is 0 Å². The monoisotopic (exact) mass is 73.1 g/mol. The summed E-state index contributed by atoms with van der Waals surface area (Å²) in [5.74, 6) is 0. The number of allylic oxidation sites excluding steroid dienone is 1. The zero-order valence-corrected chi connectivity index (χ0v) is 3.65. The minimum absolute atomic E-state index is 0. The highest BCUT2D eigenvalue weighted by molar-refractivity contribution is 4.78. The van der Waals surface area contributed by atoms with Crippen LogP contribution in [0.4, 0.5) is 0 Å². The van der Waals surface area contributed by atoms with Gasteiger partial charge in [0.2, 0.25) is 0 Å². The first-order chi connectivity index (χ1) is 1.73. The minimum Gasteiger partial charge on any atom is -0.255 e. The van der Waals surface area contributed by atoms with Crippen LogP contribution in [0.25, 0.3) is 0 Å². The van der Waals surface area contributed by atoms with Gasteiger partial charge in [0.25, 0.3) is 0 Å². The predicted molar refractivity (Wildman–Crippen MR) is 22.4 cm³/mol. The topological polar surface area (TPSA) is 30.0 Å². The molecule has 0 rings (SSSR count). The fourth-order valence-electron chi connectivity index (χ4n) is 0. The molecule has 0 aromatic rings. The molecule has 1 nitrogen and oxygen atoms in total. The normalized spacial score (nSPS) is 5.20. The fourth-order valence-corrected chi connectivity index (χ4v) is 0. The molecule has 0 saturated carbocycles. The zero-order chi connectivity index (χ0) is 3.58. The Balaban J connectivity index is 0. The number of rotatable bonds is 0. The molecule has 0 saturated heterocycles. The van der Waals surface area contributed by atoms with E-state index >= 15 is 0 Å². The molecule has 0 unspecified atom stereocenters. The van der Waals surface area contributed by atoms with Gasteiger partial charge in [-0.25, -0.2) is 0 Å². The molecule has 31 valence electrons. The smallest absolute Gasteiger partial charge is 0.0445 e. The van der Waals surface area contributed by atoms with Crippen LogP contribution >= 0.6 is 0 Å². The van der Waals surface area contributed by atoms with Gasteiger partial charge in [0, 0.05) is 0 Å². The summed E-state index contributed by atoms with van der Waals surface area (Å²) in [7, 11) is 0. The Hall–Kier alpha value is -0.300. The van der Waals surface area contributed by atoms with Gasteiger partial charge in [-0.2, -0.15) is 0 Å². The summed E-state index contributed by atoms with van der Waals surface area (Å²) in [6.07, 6.45) is 0. The van der Waals surface area contributed by atoms with Gasteiger partial charge in [-0.3, -0.25) is 5.48 Å². The van der Waals surface area contributed by atoms with Crippen LogP contribution in [0.5, 0.6) is 0 Å². The molecule has 0 bridgehead atoms. The van der Waals surface area contributed by atoms with Crippen molar-refractivity contribution in [3.05, 3.63) is 12.2 Å². The Morgan fingerprint density at radius 3 is 1.40 bits per heavy atom. The highest BCUT2D eigenvalue weighted by Gasteiger charge is 1.51. The van der Waals surface area contributed by atoms with Crippen LogP contribution < -0.4 is 0 Å². The summed E-state index contributed by atoms with van der Waals surface area (Å²) >= 11 is 0. The quantitative estimate of drug-likeness (QED) is 0.420. The number of hydrogen-bond donors (Lipinski definition) is 1. The van der Waals surface area contributed by atoms with E-state index in [2.05, 4.69) is 6.58 Å². The third kappa shape index (κ3) is 119. The van der Waals surface area contributed by atoms with Gasteiger partial charge < -0.3 is 0 Å². The van der Waals surface area contributed by atoms with E-state index in [1.807, 2.05) is 13.8 Å². The molecule has 1 radical (unpaired) electrons. The Labute approximate surface area is 32.6 Å². The third-order valence-electron chi connectivity index (χ3n) is 0. The van der Waals surface area contributed by atoms with Crippen molar-refractivity contribution in [3.63, 3.8) is 0 Å². The van der Waals surface area contributed by atoms with Gasteiger partial charge in [0.15, 0.2) is 0 Å². The zero-order valence-electron chi connectivity index (χ0n) is 3.65. The molecular weight excluding hydrogens is 64.0 g/mol. The lowest BCUT2D eigenvalue weighted by molar-refractivity contribution is 0.824. The Morgan fingerprint density at radius 1 is 1.40 bits per heavy atom. The summed E-state index contributed by atoms with van der Waals surface area (Å²) in [4.78, 5) is 0. The maximum atomic E-state index is 3.56. The van der Waals surface area contributed by atoms with E-state index < -0.39 is 0 Å². The average Bonchev–Trinajstić information content (AvgIpc) is 0.811. The molecule has 0 aliphatic carbocycles. The van der Waals surface area contributed by atoms with Gasteiger partial charge in [0.05, 0.1) is 0 Å². The molecule has 0 fully saturated rings. The van der Waals surface area contributed by atoms with Gasteiger partial charge >= 0.3 is 0 Å². The van der Waals surface area contributed by atoms with Crippen LogP contribution in [0.3, 0.4) is 0 Å². The first-order valence-corrected chi connectivity index (χ1v) is 1.35. The SMILES string of the molecule is C=C(C)C.[OH]. The van der Waals surface area contributed by atoms with Crippen molar-refractivity contribution in [2.75, 3.05) is 0 Å². The lowest BCUT2D eigenvalue weighted by Gasteiger charge is -1.65.